The fourth-order valence-corrected chi connectivity index (χ4v) is 2.88. The second kappa shape index (κ2) is 3.60. The highest BCUT2D eigenvalue weighted by atomic mass is 32.1. The van der Waals surface area contributed by atoms with Crippen LogP contribution < -0.4 is 0 Å². The summed E-state index contributed by atoms with van der Waals surface area (Å²) < 4.78 is 10.6. The van der Waals surface area contributed by atoms with Gasteiger partial charge in [0.15, 0.2) is 5.79 Å². The molecule has 0 aromatic carbocycles. The van der Waals surface area contributed by atoms with Gasteiger partial charge in [-0.15, -0.1) is 0 Å². The molecule has 0 amide bonds. The van der Waals surface area contributed by atoms with Crippen LogP contribution in [0, 0.1) is 11.3 Å². The lowest BCUT2D eigenvalue weighted by Gasteiger charge is -2.50. The van der Waals surface area contributed by atoms with Crippen molar-refractivity contribution in [3.05, 3.63) is 22.4 Å². The van der Waals surface area contributed by atoms with Crippen LogP contribution in [0.2, 0.25) is 0 Å². The first-order chi connectivity index (χ1) is 7.20. The van der Waals surface area contributed by atoms with E-state index in [1.165, 1.54) is 0 Å². The Morgan fingerprint density at radius 2 is 2.07 bits per heavy atom. The number of methoxy groups -OCH3 is 2. The molecule has 2 rings (SSSR count). The van der Waals surface area contributed by atoms with E-state index in [-0.39, 0.29) is 0 Å². The molecule has 0 aliphatic heterocycles. The normalized spacial score (nSPS) is 21.7. The van der Waals surface area contributed by atoms with Crippen LogP contribution >= 0.6 is 11.3 Å². The Morgan fingerprint density at radius 3 is 2.47 bits per heavy atom. The van der Waals surface area contributed by atoms with Crippen molar-refractivity contribution in [3.63, 3.8) is 0 Å². The van der Waals surface area contributed by atoms with Crippen molar-refractivity contribution in [3.8, 4) is 6.07 Å². The van der Waals surface area contributed by atoms with Crippen LogP contribution in [-0.4, -0.2) is 20.0 Å². The van der Waals surface area contributed by atoms with Crippen molar-refractivity contribution in [2.75, 3.05) is 14.2 Å². The molecular weight excluding hydrogens is 210 g/mol. The second-order valence-corrected chi connectivity index (χ2v) is 4.66. The summed E-state index contributed by atoms with van der Waals surface area (Å²) in [4.78, 5) is 0. The molecule has 1 saturated carbocycles. The Balaban J connectivity index is 2.22. The number of rotatable bonds is 3. The highest BCUT2D eigenvalue weighted by molar-refractivity contribution is 7.08. The molecule has 4 heteroatoms. The Kier molecular flexibility index (Phi) is 2.55. The SMILES string of the molecule is COC1(OC)CC(C#N)(c2ccsc2)C1. The molecule has 1 fully saturated rings. The zero-order chi connectivity index (χ0) is 10.9. The van der Waals surface area contributed by atoms with Gasteiger partial charge in [0.25, 0.3) is 0 Å². The first-order valence-corrected chi connectivity index (χ1v) is 5.69. The number of nitriles is 1. The smallest absolute Gasteiger partial charge is 0.171 e. The molecule has 0 atom stereocenters. The van der Waals surface area contributed by atoms with Gasteiger partial charge in [-0.2, -0.15) is 16.6 Å². The van der Waals surface area contributed by atoms with Crippen molar-refractivity contribution in [2.45, 2.75) is 24.0 Å². The Morgan fingerprint density at radius 1 is 1.40 bits per heavy atom. The maximum atomic E-state index is 9.28. The molecule has 0 unspecified atom stereocenters. The molecule has 3 nitrogen and oxygen atoms in total. The lowest BCUT2D eigenvalue weighted by Crippen LogP contribution is -2.56. The average molecular weight is 223 g/mol. The summed E-state index contributed by atoms with van der Waals surface area (Å²) >= 11 is 1.61. The maximum absolute atomic E-state index is 9.28. The molecule has 0 radical (unpaired) electrons. The van der Waals surface area contributed by atoms with Crippen molar-refractivity contribution >= 4 is 11.3 Å². The van der Waals surface area contributed by atoms with Crippen LogP contribution in [0.5, 0.6) is 0 Å². The maximum Gasteiger partial charge on any atom is 0.171 e. The zero-order valence-corrected chi connectivity index (χ0v) is 9.63. The third-order valence-electron chi connectivity index (χ3n) is 3.17. The number of nitrogens with zero attached hydrogens (tertiary/aromatic N) is 1. The number of hydrogen-bond donors (Lipinski definition) is 0. The predicted octanol–water partition coefficient (Wildman–Crippen LogP) is 2.29. The van der Waals surface area contributed by atoms with Gasteiger partial charge in [0.05, 0.1) is 11.5 Å². The van der Waals surface area contributed by atoms with Gasteiger partial charge in [-0.1, -0.05) is 0 Å². The van der Waals surface area contributed by atoms with E-state index in [1.54, 1.807) is 25.6 Å². The molecule has 1 aromatic heterocycles. The van der Waals surface area contributed by atoms with E-state index < -0.39 is 11.2 Å². The zero-order valence-electron chi connectivity index (χ0n) is 8.82. The molecule has 0 spiro atoms. The summed E-state index contributed by atoms with van der Waals surface area (Å²) in [6.45, 7) is 0. The minimum absolute atomic E-state index is 0.411. The third kappa shape index (κ3) is 1.48. The van der Waals surface area contributed by atoms with Crippen molar-refractivity contribution in [1.82, 2.24) is 0 Å². The van der Waals surface area contributed by atoms with Gasteiger partial charge in [-0.25, -0.2) is 0 Å². The molecule has 1 aliphatic rings. The number of hydrogen-bond acceptors (Lipinski definition) is 4. The first kappa shape index (κ1) is 10.6. The molecule has 0 bridgehead atoms. The van der Waals surface area contributed by atoms with E-state index in [0.29, 0.717) is 12.8 Å². The Hall–Kier alpha value is -0.890. The van der Waals surface area contributed by atoms with Gasteiger partial charge in [0.1, 0.15) is 0 Å². The van der Waals surface area contributed by atoms with Crippen LogP contribution in [-0.2, 0) is 14.9 Å². The highest BCUT2D eigenvalue weighted by Crippen LogP contribution is 2.52. The Labute approximate surface area is 93.2 Å². The van der Waals surface area contributed by atoms with Crippen molar-refractivity contribution < 1.29 is 9.47 Å². The van der Waals surface area contributed by atoms with E-state index in [0.717, 1.165) is 5.56 Å². The summed E-state index contributed by atoms with van der Waals surface area (Å²) in [5, 5.41) is 13.3. The summed E-state index contributed by atoms with van der Waals surface area (Å²) in [6.07, 6.45) is 1.22. The monoisotopic (exact) mass is 223 g/mol. The van der Waals surface area contributed by atoms with E-state index in [9.17, 15) is 5.26 Å². The topological polar surface area (TPSA) is 42.2 Å². The summed E-state index contributed by atoms with van der Waals surface area (Å²) in [5.41, 5.74) is 0.672. The molecule has 0 saturated heterocycles. The summed E-state index contributed by atoms with van der Waals surface area (Å²) in [5.74, 6) is -0.558. The van der Waals surface area contributed by atoms with Crippen LogP contribution in [0.15, 0.2) is 16.8 Å². The fourth-order valence-electron chi connectivity index (χ4n) is 2.12. The number of ether oxygens (including phenoxy) is 2. The highest BCUT2D eigenvalue weighted by Gasteiger charge is 2.57. The molecular formula is C11H13NO2S. The van der Waals surface area contributed by atoms with Crippen LogP contribution in [0.1, 0.15) is 18.4 Å². The van der Waals surface area contributed by atoms with Gasteiger partial charge in [0.2, 0.25) is 0 Å². The minimum atomic E-state index is -0.558. The average Bonchev–Trinajstić information content (AvgIpc) is 2.73. The van der Waals surface area contributed by atoms with Crippen LogP contribution in [0.25, 0.3) is 0 Å². The fraction of sp³-hybridized carbons (Fsp3) is 0.545. The van der Waals surface area contributed by atoms with E-state index >= 15 is 0 Å². The quantitative estimate of drug-likeness (QED) is 0.738. The molecule has 15 heavy (non-hydrogen) atoms. The van der Waals surface area contributed by atoms with Gasteiger partial charge >= 0.3 is 0 Å². The van der Waals surface area contributed by atoms with E-state index in [4.69, 9.17) is 9.47 Å². The largest absolute Gasteiger partial charge is 0.353 e. The lowest BCUT2D eigenvalue weighted by atomic mass is 9.62. The third-order valence-corrected chi connectivity index (χ3v) is 3.86. The van der Waals surface area contributed by atoms with Crippen molar-refractivity contribution in [1.29, 1.82) is 5.26 Å². The van der Waals surface area contributed by atoms with Gasteiger partial charge in [-0.05, 0) is 22.4 Å². The molecule has 1 aliphatic carbocycles. The molecule has 1 aromatic rings. The van der Waals surface area contributed by atoms with Crippen LogP contribution in [0.4, 0.5) is 0 Å². The van der Waals surface area contributed by atoms with Gasteiger partial charge in [0, 0.05) is 27.1 Å². The van der Waals surface area contributed by atoms with Gasteiger partial charge in [-0.3, -0.25) is 0 Å². The lowest BCUT2D eigenvalue weighted by molar-refractivity contribution is -0.269. The first-order valence-electron chi connectivity index (χ1n) is 4.74. The Bertz CT molecular complexity index is 368. The van der Waals surface area contributed by atoms with Gasteiger partial charge < -0.3 is 9.47 Å². The van der Waals surface area contributed by atoms with E-state index in [2.05, 4.69) is 6.07 Å². The van der Waals surface area contributed by atoms with Crippen molar-refractivity contribution in [2.24, 2.45) is 0 Å². The molecule has 1 heterocycles. The van der Waals surface area contributed by atoms with Crippen LogP contribution in [0.3, 0.4) is 0 Å². The summed E-state index contributed by atoms with van der Waals surface area (Å²) in [6, 6.07) is 4.39. The standard InChI is InChI=1S/C11H13NO2S/c1-13-11(14-2)6-10(7-11,8-12)9-3-4-15-5-9/h3-5H,6-7H2,1-2H3. The second-order valence-electron chi connectivity index (χ2n) is 3.88. The molecule has 80 valence electrons. The number of thiophene rings is 1. The minimum Gasteiger partial charge on any atom is -0.353 e. The predicted molar refractivity (Wildman–Crippen MR) is 57.6 cm³/mol. The molecule has 0 N–H and O–H groups in total. The summed E-state index contributed by atoms with van der Waals surface area (Å²) in [7, 11) is 3.25. The van der Waals surface area contributed by atoms with E-state index in [1.807, 2.05) is 16.8 Å².